The fraction of sp³-hybridized carbons (Fsp3) is 0.357. The van der Waals surface area contributed by atoms with Crippen LogP contribution < -0.4 is 10.2 Å². The first kappa shape index (κ1) is 13.0. The van der Waals surface area contributed by atoms with E-state index in [0.717, 1.165) is 24.2 Å². The average molecular weight is 267 g/mol. The third kappa shape index (κ3) is 2.51. The Kier molecular flexibility index (Phi) is 4.26. The van der Waals surface area contributed by atoms with Crippen molar-refractivity contribution >= 4 is 22.6 Å². The van der Waals surface area contributed by atoms with E-state index < -0.39 is 0 Å². The van der Waals surface area contributed by atoms with Gasteiger partial charge in [-0.25, -0.2) is 0 Å². The maximum atomic E-state index is 11.7. The van der Waals surface area contributed by atoms with E-state index >= 15 is 0 Å². The van der Waals surface area contributed by atoms with E-state index in [4.69, 9.17) is 20.8 Å². The second-order valence-electron chi connectivity index (χ2n) is 3.99. The van der Waals surface area contributed by atoms with Gasteiger partial charge in [0.2, 0.25) is 0 Å². The van der Waals surface area contributed by atoms with Crippen molar-refractivity contribution in [2.75, 3.05) is 12.5 Å². The van der Waals surface area contributed by atoms with Gasteiger partial charge in [0.25, 0.3) is 0 Å². The van der Waals surface area contributed by atoms with E-state index in [-0.39, 0.29) is 5.43 Å². The third-order valence-electron chi connectivity index (χ3n) is 2.72. The molecule has 1 aromatic carbocycles. The van der Waals surface area contributed by atoms with Crippen LogP contribution in [0.5, 0.6) is 5.75 Å². The van der Waals surface area contributed by atoms with Crippen LogP contribution in [0.3, 0.4) is 0 Å². The Morgan fingerprint density at radius 2 is 2.17 bits per heavy atom. The average Bonchev–Trinajstić information content (AvgIpc) is 2.38. The van der Waals surface area contributed by atoms with Crippen LogP contribution in [-0.2, 0) is 6.42 Å². The quantitative estimate of drug-likeness (QED) is 0.779. The summed E-state index contributed by atoms with van der Waals surface area (Å²) in [7, 11) is 0. The molecule has 0 aliphatic carbocycles. The van der Waals surface area contributed by atoms with Crippen LogP contribution >= 0.6 is 11.6 Å². The number of rotatable bonds is 5. The molecule has 96 valence electrons. The highest BCUT2D eigenvalue weighted by atomic mass is 35.5. The summed E-state index contributed by atoms with van der Waals surface area (Å²) in [6.45, 7) is 2.52. The van der Waals surface area contributed by atoms with Crippen molar-refractivity contribution < 1.29 is 9.15 Å². The second-order valence-corrected chi connectivity index (χ2v) is 4.37. The SMILES string of the molecule is CCCc1c(OCCCl)ccc2c(=O)ccoc12. The highest BCUT2D eigenvalue weighted by molar-refractivity contribution is 6.18. The zero-order valence-corrected chi connectivity index (χ0v) is 11.0. The van der Waals surface area contributed by atoms with Crippen molar-refractivity contribution in [1.29, 1.82) is 0 Å². The molecule has 0 bridgehead atoms. The van der Waals surface area contributed by atoms with Crippen LogP contribution in [0, 0.1) is 0 Å². The summed E-state index contributed by atoms with van der Waals surface area (Å²) in [5.74, 6) is 1.18. The number of halogens is 1. The van der Waals surface area contributed by atoms with Gasteiger partial charge in [0, 0.05) is 11.6 Å². The van der Waals surface area contributed by atoms with E-state index in [1.807, 2.05) is 6.07 Å². The monoisotopic (exact) mass is 266 g/mol. The van der Waals surface area contributed by atoms with Gasteiger partial charge < -0.3 is 9.15 Å². The van der Waals surface area contributed by atoms with E-state index in [1.165, 1.54) is 12.3 Å². The second kappa shape index (κ2) is 5.91. The number of hydrogen-bond donors (Lipinski definition) is 0. The van der Waals surface area contributed by atoms with E-state index in [1.54, 1.807) is 6.07 Å². The predicted molar refractivity (Wildman–Crippen MR) is 72.7 cm³/mol. The predicted octanol–water partition coefficient (Wildman–Crippen LogP) is 3.36. The normalized spacial score (nSPS) is 10.8. The lowest BCUT2D eigenvalue weighted by molar-refractivity contribution is 0.338. The molecule has 1 aromatic heterocycles. The molecule has 0 saturated heterocycles. The van der Waals surface area contributed by atoms with Crippen LogP contribution in [0.4, 0.5) is 0 Å². The Balaban J connectivity index is 2.58. The van der Waals surface area contributed by atoms with Gasteiger partial charge in [0.05, 0.1) is 17.5 Å². The van der Waals surface area contributed by atoms with Crippen LogP contribution in [-0.4, -0.2) is 12.5 Å². The molecule has 3 nitrogen and oxygen atoms in total. The Hall–Kier alpha value is -1.48. The lowest BCUT2D eigenvalue weighted by atomic mass is 10.1. The number of ether oxygens (including phenoxy) is 1. The van der Waals surface area contributed by atoms with Gasteiger partial charge in [0.1, 0.15) is 17.9 Å². The first-order chi connectivity index (χ1) is 8.77. The van der Waals surface area contributed by atoms with E-state index in [0.29, 0.717) is 23.5 Å². The van der Waals surface area contributed by atoms with Crippen molar-refractivity contribution in [2.24, 2.45) is 0 Å². The first-order valence-electron chi connectivity index (χ1n) is 6.00. The van der Waals surface area contributed by atoms with Gasteiger partial charge in [-0.2, -0.15) is 0 Å². The number of fused-ring (bicyclic) bond motifs is 1. The summed E-state index contributed by atoms with van der Waals surface area (Å²) in [5, 5.41) is 0.596. The smallest absolute Gasteiger partial charge is 0.192 e. The van der Waals surface area contributed by atoms with Crippen LogP contribution in [0.25, 0.3) is 11.0 Å². The van der Waals surface area contributed by atoms with Crippen molar-refractivity contribution in [2.45, 2.75) is 19.8 Å². The van der Waals surface area contributed by atoms with Crippen molar-refractivity contribution in [3.8, 4) is 5.75 Å². The molecule has 0 radical (unpaired) electrons. The molecule has 2 rings (SSSR count). The Bertz CT molecular complexity index is 589. The molecule has 0 saturated carbocycles. The van der Waals surface area contributed by atoms with Gasteiger partial charge in [-0.1, -0.05) is 13.3 Å². The fourth-order valence-corrected chi connectivity index (χ4v) is 2.04. The minimum absolute atomic E-state index is 0.0301. The summed E-state index contributed by atoms with van der Waals surface area (Å²) in [6, 6.07) is 4.98. The lowest BCUT2D eigenvalue weighted by Gasteiger charge is -2.11. The van der Waals surface area contributed by atoms with Gasteiger partial charge in [0.15, 0.2) is 5.43 Å². The number of aryl methyl sites for hydroxylation is 1. The lowest BCUT2D eigenvalue weighted by Crippen LogP contribution is -2.05. The molecule has 4 heteroatoms. The maximum absolute atomic E-state index is 11.7. The number of hydrogen-bond acceptors (Lipinski definition) is 3. The van der Waals surface area contributed by atoms with Gasteiger partial charge >= 0.3 is 0 Å². The molecule has 0 unspecified atom stereocenters. The van der Waals surface area contributed by atoms with Crippen LogP contribution in [0.15, 0.2) is 33.7 Å². The Morgan fingerprint density at radius 3 is 2.89 bits per heavy atom. The van der Waals surface area contributed by atoms with Crippen molar-refractivity contribution in [3.63, 3.8) is 0 Å². The molecule has 0 atom stereocenters. The van der Waals surface area contributed by atoms with E-state index in [9.17, 15) is 4.79 Å². The molecule has 0 aliphatic heterocycles. The van der Waals surface area contributed by atoms with Crippen LogP contribution in [0.2, 0.25) is 0 Å². The van der Waals surface area contributed by atoms with Gasteiger partial charge in [-0.3, -0.25) is 4.79 Å². The molecule has 0 spiro atoms. The summed E-state index contributed by atoms with van der Waals surface area (Å²) in [4.78, 5) is 11.7. The fourth-order valence-electron chi connectivity index (χ4n) is 1.96. The molecule has 0 aliphatic rings. The van der Waals surface area contributed by atoms with Crippen molar-refractivity contribution in [3.05, 3.63) is 40.2 Å². The third-order valence-corrected chi connectivity index (χ3v) is 2.88. The molecular weight excluding hydrogens is 252 g/mol. The summed E-state index contributed by atoms with van der Waals surface area (Å²) < 4.78 is 11.1. The molecule has 1 heterocycles. The van der Waals surface area contributed by atoms with Gasteiger partial charge in [-0.15, -0.1) is 11.6 Å². The standard InChI is InChI=1S/C14H15ClO3/c1-2-3-11-13(17-9-7-15)5-4-10-12(16)6-8-18-14(10)11/h4-6,8H,2-3,7,9H2,1H3. The largest absolute Gasteiger partial charge is 0.492 e. The minimum atomic E-state index is -0.0301. The zero-order chi connectivity index (χ0) is 13.0. The Morgan fingerprint density at radius 1 is 1.33 bits per heavy atom. The summed E-state index contributed by atoms with van der Waals surface area (Å²) in [6.07, 6.45) is 3.19. The van der Waals surface area contributed by atoms with E-state index in [2.05, 4.69) is 6.92 Å². The maximum Gasteiger partial charge on any atom is 0.192 e. The highest BCUT2D eigenvalue weighted by Crippen LogP contribution is 2.27. The van der Waals surface area contributed by atoms with Crippen molar-refractivity contribution in [1.82, 2.24) is 0 Å². The zero-order valence-electron chi connectivity index (χ0n) is 10.2. The topological polar surface area (TPSA) is 39.4 Å². The Labute approximate surface area is 110 Å². The molecule has 0 amide bonds. The molecular formula is C14H15ClO3. The number of alkyl halides is 1. The molecule has 18 heavy (non-hydrogen) atoms. The van der Waals surface area contributed by atoms with Gasteiger partial charge in [-0.05, 0) is 18.6 Å². The first-order valence-corrected chi connectivity index (χ1v) is 6.53. The van der Waals surface area contributed by atoms with Crippen LogP contribution in [0.1, 0.15) is 18.9 Å². The molecule has 0 N–H and O–H groups in total. The molecule has 0 fully saturated rings. The highest BCUT2D eigenvalue weighted by Gasteiger charge is 2.11. The summed E-state index contributed by atoms with van der Waals surface area (Å²) in [5.41, 5.74) is 1.53. The molecule has 2 aromatic rings. The number of benzene rings is 1. The summed E-state index contributed by atoms with van der Waals surface area (Å²) >= 11 is 5.63. The minimum Gasteiger partial charge on any atom is -0.492 e.